The SMILES string of the molecule is C1=CCCC(C2=NC(c3ccccc3)NC(C3C=CC(C4(c5ccc(C6N=C(c7ccccc7)O6)cc5)CCCCC4)=CC3)=C2)=C1. The lowest BCUT2D eigenvalue weighted by Gasteiger charge is -2.41. The van der Waals surface area contributed by atoms with Crippen LogP contribution in [0.4, 0.5) is 0 Å². The van der Waals surface area contributed by atoms with E-state index in [2.05, 4.69) is 102 Å². The van der Waals surface area contributed by atoms with Gasteiger partial charge in [0.25, 0.3) is 0 Å². The fraction of sp³-hybridized carbons (Fsp3) is 0.286. The first-order chi connectivity index (χ1) is 22.7. The van der Waals surface area contributed by atoms with Gasteiger partial charge in [-0.05, 0) is 72.6 Å². The van der Waals surface area contributed by atoms with Crippen LogP contribution in [0.1, 0.15) is 86.0 Å². The largest absolute Gasteiger partial charge is 0.447 e. The van der Waals surface area contributed by atoms with E-state index in [1.165, 1.54) is 60.1 Å². The summed E-state index contributed by atoms with van der Waals surface area (Å²) in [5.74, 6) is 1.03. The zero-order valence-corrected chi connectivity index (χ0v) is 26.3. The maximum Gasteiger partial charge on any atom is 0.222 e. The Balaban J connectivity index is 1.03. The third-order valence-electron chi connectivity index (χ3n) is 10.3. The Morgan fingerprint density at radius 2 is 1.57 bits per heavy atom. The molecule has 8 rings (SSSR count). The first kappa shape index (κ1) is 28.8. The molecular weight excluding hydrogens is 562 g/mol. The number of allylic oxidation sites excluding steroid dienone is 9. The van der Waals surface area contributed by atoms with Crippen molar-refractivity contribution in [2.75, 3.05) is 0 Å². The topological polar surface area (TPSA) is 46.0 Å². The standard InChI is InChI=1S/C42H41N3O/c1-5-13-30(14-6-1)37-29-38(44-39(43-37)32-15-7-2-8-16-32)31-19-23-35(24-20-31)42(27-11-4-12-28-42)36-25-21-34(22-26-36)41-45-40(46-41)33-17-9-3-10-18-33/h1-3,5,7-10,13,15-19,21-26,29,31,39,41,44H,4,6,11-12,14,20,27-28H2. The quantitative estimate of drug-likeness (QED) is 0.292. The van der Waals surface area contributed by atoms with Crippen molar-refractivity contribution in [2.24, 2.45) is 15.9 Å². The minimum absolute atomic E-state index is 0.0595. The van der Waals surface area contributed by atoms with Crippen LogP contribution in [0.2, 0.25) is 0 Å². The summed E-state index contributed by atoms with van der Waals surface area (Å²) >= 11 is 0. The van der Waals surface area contributed by atoms with Crippen molar-refractivity contribution < 1.29 is 4.74 Å². The lowest BCUT2D eigenvalue weighted by molar-refractivity contribution is 0.148. The van der Waals surface area contributed by atoms with E-state index in [0.29, 0.717) is 5.92 Å². The minimum atomic E-state index is -0.217. The molecule has 0 saturated heterocycles. The summed E-state index contributed by atoms with van der Waals surface area (Å²) in [5, 5.41) is 3.81. The highest BCUT2D eigenvalue weighted by Crippen LogP contribution is 2.48. The normalized spacial score (nSPS) is 25.0. The number of rotatable bonds is 7. The maximum atomic E-state index is 6.09. The molecule has 46 heavy (non-hydrogen) atoms. The first-order valence-corrected chi connectivity index (χ1v) is 17.0. The molecule has 1 N–H and O–H groups in total. The Kier molecular flexibility index (Phi) is 7.87. The van der Waals surface area contributed by atoms with Crippen molar-refractivity contribution >= 4 is 11.6 Å². The highest BCUT2D eigenvalue weighted by atomic mass is 16.5. The van der Waals surface area contributed by atoms with E-state index in [1.807, 2.05) is 30.3 Å². The molecule has 230 valence electrons. The first-order valence-electron chi connectivity index (χ1n) is 17.0. The molecule has 4 heteroatoms. The molecule has 4 nitrogen and oxygen atoms in total. The van der Waals surface area contributed by atoms with Crippen molar-refractivity contribution in [2.45, 2.75) is 69.2 Å². The monoisotopic (exact) mass is 603 g/mol. The predicted octanol–water partition coefficient (Wildman–Crippen LogP) is 9.77. The Morgan fingerprint density at radius 1 is 0.804 bits per heavy atom. The molecule has 0 spiro atoms. The van der Waals surface area contributed by atoms with E-state index in [4.69, 9.17) is 14.7 Å². The van der Waals surface area contributed by atoms with Crippen LogP contribution in [0, 0.1) is 5.92 Å². The van der Waals surface area contributed by atoms with E-state index >= 15 is 0 Å². The fourth-order valence-corrected chi connectivity index (χ4v) is 7.71. The van der Waals surface area contributed by atoms with Crippen LogP contribution >= 0.6 is 0 Å². The van der Waals surface area contributed by atoms with Gasteiger partial charge < -0.3 is 10.1 Å². The van der Waals surface area contributed by atoms with E-state index < -0.39 is 0 Å². The molecule has 5 aliphatic rings. The maximum absolute atomic E-state index is 6.09. The lowest BCUT2D eigenvalue weighted by atomic mass is 9.63. The average molecular weight is 604 g/mol. The van der Waals surface area contributed by atoms with E-state index in [0.717, 1.165) is 42.0 Å². The summed E-state index contributed by atoms with van der Waals surface area (Å²) in [4.78, 5) is 9.95. The van der Waals surface area contributed by atoms with Crippen molar-refractivity contribution in [1.29, 1.82) is 0 Å². The molecule has 3 aromatic rings. The minimum Gasteiger partial charge on any atom is -0.447 e. The van der Waals surface area contributed by atoms with Gasteiger partial charge in [0, 0.05) is 28.2 Å². The third kappa shape index (κ3) is 5.62. The van der Waals surface area contributed by atoms with Crippen LogP contribution in [0.25, 0.3) is 0 Å². The molecule has 3 aliphatic carbocycles. The van der Waals surface area contributed by atoms with Gasteiger partial charge in [0.2, 0.25) is 12.1 Å². The molecule has 3 unspecified atom stereocenters. The van der Waals surface area contributed by atoms with Gasteiger partial charge in [-0.3, -0.25) is 4.99 Å². The van der Waals surface area contributed by atoms with Gasteiger partial charge in [-0.25, -0.2) is 4.99 Å². The van der Waals surface area contributed by atoms with Gasteiger partial charge in [0.15, 0.2) is 0 Å². The van der Waals surface area contributed by atoms with Crippen molar-refractivity contribution in [3.63, 3.8) is 0 Å². The fourth-order valence-electron chi connectivity index (χ4n) is 7.71. The van der Waals surface area contributed by atoms with E-state index in [9.17, 15) is 0 Å². The number of nitrogens with zero attached hydrogens (tertiary/aromatic N) is 2. The molecule has 2 aliphatic heterocycles. The number of hydrogen-bond acceptors (Lipinski definition) is 4. The van der Waals surface area contributed by atoms with E-state index in [1.54, 1.807) is 0 Å². The van der Waals surface area contributed by atoms with Gasteiger partial charge in [-0.1, -0.05) is 129 Å². The molecule has 3 aromatic carbocycles. The Bertz CT molecular complexity index is 1780. The second kappa shape index (κ2) is 12.6. The Labute approximate surface area is 272 Å². The molecule has 0 amide bonds. The summed E-state index contributed by atoms with van der Waals surface area (Å²) in [7, 11) is 0. The second-order valence-electron chi connectivity index (χ2n) is 13.1. The summed E-state index contributed by atoms with van der Waals surface area (Å²) in [5.41, 5.74) is 10.0. The molecule has 2 heterocycles. The van der Waals surface area contributed by atoms with Crippen LogP contribution in [-0.2, 0) is 10.2 Å². The number of hydrogen-bond donors (Lipinski definition) is 1. The molecule has 3 atom stereocenters. The van der Waals surface area contributed by atoms with Gasteiger partial charge in [-0.2, -0.15) is 0 Å². The van der Waals surface area contributed by atoms with Crippen molar-refractivity contribution in [3.05, 3.63) is 167 Å². The smallest absolute Gasteiger partial charge is 0.222 e. The highest BCUT2D eigenvalue weighted by molar-refractivity contribution is 6.09. The summed E-state index contributed by atoms with van der Waals surface area (Å²) in [6.07, 6.45) is 25.4. The van der Waals surface area contributed by atoms with Gasteiger partial charge in [0.05, 0.1) is 5.71 Å². The van der Waals surface area contributed by atoms with Crippen LogP contribution in [0.15, 0.2) is 154 Å². The van der Waals surface area contributed by atoms with Crippen LogP contribution in [0.5, 0.6) is 0 Å². The van der Waals surface area contributed by atoms with Crippen molar-refractivity contribution in [3.8, 4) is 0 Å². The van der Waals surface area contributed by atoms with Crippen LogP contribution in [-0.4, -0.2) is 11.6 Å². The summed E-state index contributed by atoms with van der Waals surface area (Å²) in [6.45, 7) is 0. The Hall–Kier alpha value is -4.70. The van der Waals surface area contributed by atoms with Crippen LogP contribution < -0.4 is 5.32 Å². The predicted molar refractivity (Wildman–Crippen MR) is 188 cm³/mol. The zero-order valence-electron chi connectivity index (χ0n) is 26.3. The highest BCUT2D eigenvalue weighted by Gasteiger charge is 2.38. The molecule has 0 radical (unpaired) electrons. The molecule has 1 saturated carbocycles. The number of aliphatic imine (C=N–C) groups is 2. The Morgan fingerprint density at radius 3 is 2.26 bits per heavy atom. The van der Waals surface area contributed by atoms with Crippen LogP contribution in [0.3, 0.4) is 0 Å². The zero-order chi connectivity index (χ0) is 30.8. The van der Waals surface area contributed by atoms with Crippen molar-refractivity contribution in [1.82, 2.24) is 5.32 Å². The third-order valence-corrected chi connectivity index (χ3v) is 10.3. The number of benzene rings is 3. The molecular formula is C42H41N3O. The summed E-state index contributed by atoms with van der Waals surface area (Å²) < 4.78 is 6.09. The second-order valence-corrected chi connectivity index (χ2v) is 13.1. The average Bonchev–Trinajstić information content (AvgIpc) is 3.13. The number of nitrogens with one attached hydrogen (secondary N) is 1. The molecule has 0 bridgehead atoms. The van der Waals surface area contributed by atoms with Gasteiger partial charge in [0.1, 0.15) is 6.17 Å². The molecule has 1 fully saturated rings. The summed E-state index contributed by atoms with van der Waals surface area (Å²) in [6, 6.07) is 29.9. The number of ether oxygens (including phenoxy) is 1. The van der Waals surface area contributed by atoms with Gasteiger partial charge in [-0.15, -0.1) is 0 Å². The lowest BCUT2D eigenvalue weighted by Crippen LogP contribution is -2.33. The van der Waals surface area contributed by atoms with Gasteiger partial charge >= 0.3 is 0 Å². The van der Waals surface area contributed by atoms with E-state index in [-0.39, 0.29) is 17.8 Å². The molecule has 0 aromatic heterocycles.